The fraction of sp³-hybridized carbons (Fsp3) is 0.176. The summed E-state index contributed by atoms with van der Waals surface area (Å²) >= 11 is 7.64. The molecule has 0 aliphatic rings. The maximum absolute atomic E-state index is 12.3. The van der Waals surface area contributed by atoms with Gasteiger partial charge in [0.05, 0.1) is 10.6 Å². The van der Waals surface area contributed by atoms with Crippen LogP contribution in [0.3, 0.4) is 0 Å². The van der Waals surface area contributed by atoms with Crippen LogP contribution in [0.4, 0.5) is 0 Å². The summed E-state index contributed by atoms with van der Waals surface area (Å²) in [7, 11) is 1.59. The molecule has 0 radical (unpaired) electrons. The molecule has 0 spiro atoms. The van der Waals surface area contributed by atoms with Gasteiger partial charge in [0.1, 0.15) is 0 Å². The average molecular weight is 349 g/mol. The molecule has 0 fully saturated rings. The van der Waals surface area contributed by atoms with Crippen molar-refractivity contribution in [1.82, 2.24) is 10.6 Å². The van der Waals surface area contributed by atoms with Crippen LogP contribution in [0.1, 0.15) is 26.3 Å². The zero-order chi connectivity index (χ0) is 16.8. The molecular weight excluding hydrogens is 332 g/mol. The normalized spacial score (nSPS) is 10.2. The molecule has 120 valence electrons. The summed E-state index contributed by atoms with van der Waals surface area (Å²) in [5.74, 6) is -0.359. The van der Waals surface area contributed by atoms with E-state index in [-0.39, 0.29) is 11.8 Å². The SMILES string of the molecule is CNC(=O)c1ccc(CNC(=O)c2cc(SC)ccc2Cl)cc1. The van der Waals surface area contributed by atoms with Crippen molar-refractivity contribution in [2.45, 2.75) is 11.4 Å². The van der Waals surface area contributed by atoms with Crippen LogP contribution in [0.2, 0.25) is 5.02 Å². The van der Waals surface area contributed by atoms with Gasteiger partial charge in [-0.2, -0.15) is 0 Å². The van der Waals surface area contributed by atoms with E-state index >= 15 is 0 Å². The Morgan fingerprint density at radius 2 is 1.78 bits per heavy atom. The molecule has 0 unspecified atom stereocenters. The second-order valence-electron chi connectivity index (χ2n) is 4.80. The molecule has 0 aliphatic heterocycles. The molecule has 4 nitrogen and oxygen atoms in total. The van der Waals surface area contributed by atoms with Gasteiger partial charge < -0.3 is 10.6 Å². The van der Waals surface area contributed by atoms with E-state index in [1.165, 1.54) is 0 Å². The highest BCUT2D eigenvalue weighted by Gasteiger charge is 2.11. The van der Waals surface area contributed by atoms with Gasteiger partial charge in [-0.1, -0.05) is 23.7 Å². The van der Waals surface area contributed by atoms with Crippen LogP contribution < -0.4 is 10.6 Å². The van der Waals surface area contributed by atoms with Gasteiger partial charge in [-0.3, -0.25) is 9.59 Å². The third-order valence-corrected chi connectivity index (χ3v) is 4.37. The summed E-state index contributed by atoms with van der Waals surface area (Å²) in [6.07, 6.45) is 1.94. The van der Waals surface area contributed by atoms with E-state index in [1.54, 1.807) is 43.1 Å². The predicted molar refractivity (Wildman–Crippen MR) is 94.2 cm³/mol. The van der Waals surface area contributed by atoms with E-state index in [0.29, 0.717) is 22.7 Å². The van der Waals surface area contributed by atoms with Gasteiger partial charge in [0.15, 0.2) is 0 Å². The Hall–Kier alpha value is -1.98. The van der Waals surface area contributed by atoms with Gasteiger partial charge in [-0.25, -0.2) is 0 Å². The molecule has 2 aromatic carbocycles. The number of carbonyl (C=O) groups excluding carboxylic acids is 2. The van der Waals surface area contributed by atoms with Crippen LogP contribution in [0.15, 0.2) is 47.4 Å². The molecule has 23 heavy (non-hydrogen) atoms. The molecule has 0 saturated carbocycles. The van der Waals surface area contributed by atoms with Gasteiger partial charge in [0.25, 0.3) is 11.8 Å². The number of benzene rings is 2. The van der Waals surface area contributed by atoms with Crippen molar-refractivity contribution in [2.75, 3.05) is 13.3 Å². The molecule has 0 atom stereocenters. The van der Waals surface area contributed by atoms with Crippen molar-refractivity contribution in [3.05, 3.63) is 64.2 Å². The highest BCUT2D eigenvalue weighted by molar-refractivity contribution is 7.98. The molecule has 0 aliphatic carbocycles. The molecule has 0 saturated heterocycles. The van der Waals surface area contributed by atoms with E-state index in [0.717, 1.165) is 10.5 Å². The van der Waals surface area contributed by atoms with Crippen molar-refractivity contribution in [3.8, 4) is 0 Å². The Kier molecular flexibility index (Phi) is 6.07. The predicted octanol–water partition coefficient (Wildman–Crippen LogP) is 3.35. The third kappa shape index (κ3) is 4.50. The smallest absolute Gasteiger partial charge is 0.253 e. The van der Waals surface area contributed by atoms with Crippen molar-refractivity contribution in [3.63, 3.8) is 0 Å². The second-order valence-corrected chi connectivity index (χ2v) is 6.09. The standard InChI is InChI=1S/C17H17ClN2O2S/c1-19-16(21)12-5-3-11(4-6-12)10-20-17(22)14-9-13(23-2)7-8-15(14)18/h3-9H,10H2,1-2H3,(H,19,21)(H,20,22). The fourth-order valence-electron chi connectivity index (χ4n) is 2.00. The lowest BCUT2D eigenvalue weighted by Crippen LogP contribution is -2.23. The molecule has 2 aromatic rings. The first kappa shape index (κ1) is 17.4. The van der Waals surface area contributed by atoms with Gasteiger partial charge in [-0.15, -0.1) is 11.8 Å². The van der Waals surface area contributed by atoms with E-state index < -0.39 is 0 Å². The van der Waals surface area contributed by atoms with Crippen molar-refractivity contribution >= 4 is 35.2 Å². The van der Waals surface area contributed by atoms with Crippen LogP contribution in [0, 0.1) is 0 Å². The second kappa shape index (κ2) is 8.04. The van der Waals surface area contributed by atoms with Crippen molar-refractivity contribution < 1.29 is 9.59 Å². The minimum Gasteiger partial charge on any atom is -0.355 e. The van der Waals surface area contributed by atoms with E-state index in [2.05, 4.69) is 10.6 Å². The van der Waals surface area contributed by atoms with E-state index in [1.807, 2.05) is 24.5 Å². The lowest BCUT2D eigenvalue weighted by Gasteiger charge is -2.09. The number of hydrogen-bond donors (Lipinski definition) is 2. The number of nitrogens with one attached hydrogen (secondary N) is 2. The first-order valence-electron chi connectivity index (χ1n) is 6.98. The highest BCUT2D eigenvalue weighted by Crippen LogP contribution is 2.23. The Morgan fingerprint density at radius 1 is 1.09 bits per heavy atom. The zero-order valence-corrected chi connectivity index (χ0v) is 14.4. The van der Waals surface area contributed by atoms with Crippen LogP contribution in [-0.4, -0.2) is 25.1 Å². The summed E-state index contributed by atoms with van der Waals surface area (Å²) in [5, 5.41) is 5.83. The molecule has 2 rings (SSSR count). The van der Waals surface area contributed by atoms with Crippen LogP contribution >= 0.6 is 23.4 Å². The lowest BCUT2D eigenvalue weighted by molar-refractivity contribution is 0.0946. The lowest BCUT2D eigenvalue weighted by atomic mass is 10.1. The molecule has 0 aromatic heterocycles. The van der Waals surface area contributed by atoms with Crippen LogP contribution in [0.5, 0.6) is 0 Å². The summed E-state index contributed by atoms with van der Waals surface area (Å²) in [4.78, 5) is 24.7. The third-order valence-electron chi connectivity index (χ3n) is 3.31. The van der Waals surface area contributed by atoms with Gasteiger partial charge in [0.2, 0.25) is 0 Å². The monoisotopic (exact) mass is 348 g/mol. The summed E-state index contributed by atoms with van der Waals surface area (Å²) in [5.41, 5.74) is 1.95. The maximum Gasteiger partial charge on any atom is 0.253 e. The molecule has 0 bridgehead atoms. The quantitative estimate of drug-likeness (QED) is 0.815. The highest BCUT2D eigenvalue weighted by atomic mass is 35.5. The fourth-order valence-corrected chi connectivity index (χ4v) is 2.64. The number of hydrogen-bond acceptors (Lipinski definition) is 3. The van der Waals surface area contributed by atoms with Crippen molar-refractivity contribution in [1.29, 1.82) is 0 Å². The van der Waals surface area contributed by atoms with Gasteiger partial charge in [0, 0.05) is 24.1 Å². The number of amides is 2. The van der Waals surface area contributed by atoms with E-state index in [4.69, 9.17) is 11.6 Å². The number of carbonyl (C=O) groups is 2. The largest absolute Gasteiger partial charge is 0.355 e. The Morgan fingerprint density at radius 3 is 2.39 bits per heavy atom. The minimum atomic E-state index is -0.221. The van der Waals surface area contributed by atoms with E-state index in [9.17, 15) is 9.59 Å². The Bertz CT molecular complexity index is 717. The first-order valence-corrected chi connectivity index (χ1v) is 8.58. The van der Waals surface area contributed by atoms with Crippen LogP contribution in [-0.2, 0) is 6.54 Å². The minimum absolute atomic E-state index is 0.138. The Labute approximate surface area is 144 Å². The van der Waals surface area contributed by atoms with Gasteiger partial charge >= 0.3 is 0 Å². The van der Waals surface area contributed by atoms with Gasteiger partial charge in [-0.05, 0) is 42.2 Å². The molecule has 2 N–H and O–H groups in total. The first-order chi connectivity index (χ1) is 11.0. The molecule has 0 heterocycles. The number of thioether (sulfide) groups is 1. The molecule has 6 heteroatoms. The van der Waals surface area contributed by atoms with Crippen molar-refractivity contribution in [2.24, 2.45) is 0 Å². The summed E-state index contributed by atoms with van der Waals surface area (Å²) < 4.78 is 0. The Balaban J connectivity index is 2.03. The average Bonchev–Trinajstić information content (AvgIpc) is 2.59. The number of halogens is 1. The zero-order valence-electron chi connectivity index (χ0n) is 12.9. The summed E-state index contributed by atoms with van der Waals surface area (Å²) in [6, 6.07) is 12.4. The molecular formula is C17H17ClN2O2S. The topological polar surface area (TPSA) is 58.2 Å². The maximum atomic E-state index is 12.3. The number of rotatable bonds is 5. The summed E-state index contributed by atoms with van der Waals surface area (Å²) in [6.45, 7) is 0.368. The van der Waals surface area contributed by atoms with Crippen LogP contribution in [0.25, 0.3) is 0 Å². The molecule has 2 amide bonds.